The summed E-state index contributed by atoms with van der Waals surface area (Å²) < 4.78 is 14.0. The van der Waals surface area contributed by atoms with E-state index >= 15 is 0 Å². The molecule has 7 heteroatoms. The molecule has 0 bridgehead atoms. The number of carbonyl (C=O) groups excluding carboxylic acids is 1. The lowest BCUT2D eigenvalue weighted by Crippen LogP contribution is -2.13. The van der Waals surface area contributed by atoms with Gasteiger partial charge in [0.25, 0.3) is 0 Å². The Bertz CT molecular complexity index is 1320. The van der Waals surface area contributed by atoms with Crippen LogP contribution in [0.15, 0.2) is 60.9 Å². The first kappa shape index (κ1) is 23.8. The van der Waals surface area contributed by atoms with Gasteiger partial charge in [0.2, 0.25) is 5.52 Å². The molecule has 0 saturated carbocycles. The van der Waals surface area contributed by atoms with E-state index in [9.17, 15) is 9.18 Å². The van der Waals surface area contributed by atoms with Crippen LogP contribution >= 0.6 is 11.6 Å². The number of hydrogen-bond acceptors (Lipinski definition) is 4. The lowest BCUT2D eigenvalue weighted by molar-refractivity contribution is -0.344. The molecule has 0 atom stereocenters. The molecule has 2 aromatic carbocycles. The minimum absolute atomic E-state index is 0.0758. The Morgan fingerprint density at radius 1 is 1.12 bits per heavy atom. The highest BCUT2D eigenvalue weighted by atomic mass is 35.5. The Morgan fingerprint density at radius 2 is 1.94 bits per heavy atom. The van der Waals surface area contributed by atoms with Crippen LogP contribution in [0.5, 0.6) is 0 Å². The lowest BCUT2D eigenvalue weighted by Gasteiger charge is -2.13. The van der Waals surface area contributed by atoms with Gasteiger partial charge in [-0.3, -0.25) is 9.78 Å². The van der Waals surface area contributed by atoms with Crippen molar-refractivity contribution in [3.05, 3.63) is 83.0 Å². The molecule has 2 aromatic heterocycles. The second kappa shape index (κ2) is 10.3. The quantitative estimate of drug-likeness (QED) is 0.319. The van der Waals surface area contributed by atoms with E-state index in [1.165, 1.54) is 19.1 Å². The second-order valence-electron chi connectivity index (χ2n) is 8.62. The topological polar surface area (TPSA) is 59.4 Å². The normalized spacial score (nSPS) is 11.2. The number of H-pyrrole nitrogens is 1. The number of aromatic amines is 1. The van der Waals surface area contributed by atoms with Crippen molar-refractivity contribution < 1.29 is 14.2 Å². The van der Waals surface area contributed by atoms with Gasteiger partial charge in [0.15, 0.2) is 12.0 Å². The fourth-order valence-electron chi connectivity index (χ4n) is 3.92. The number of rotatable bonds is 8. The Labute approximate surface area is 203 Å². The number of nitrogens with one attached hydrogen (secondary N) is 2. The molecule has 0 aliphatic heterocycles. The van der Waals surface area contributed by atoms with Crippen molar-refractivity contribution in [2.75, 3.05) is 26.0 Å². The summed E-state index contributed by atoms with van der Waals surface area (Å²) in [5, 5.41) is 4.52. The van der Waals surface area contributed by atoms with Crippen LogP contribution in [0, 0.1) is 5.82 Å². The van der Waals surface area contributed by atoms with Gasteiger partial charge < -0.3 is 10.2 Å². The average molecular weight is 478 g/mol. The van der Waals surface area contributed by atoms with Crippen LogP contribution in [-0.4, -0.2) is 36.3 Å². The van der Waals surface area contributed by atoms with Crippen LogP contribution in [0.3, 0.4) is 0 Å². The maximum atomic E-state index is 14.0. The van der Waals surface area contributed by atoms with Crippen molar-refractivity contribution in [3.8, 4) is 11.1 Å². The summed E-state index contributed by atoms with van der Waals surface area (Å²) in [6.07, 6.45) is 5.43. The predicted octanol–water partition coefficient (Wildman–Crippen LogP) is 5.95. The third-order valence-corrected chi connectivity index (χ3v) is 5.86. The van der Waals surface area contributed by atoms with Crippen LogP contribution in [0.2, 0.25) is 5.02 Å². The number of Topliss-reactive ketones (excluding diaryl/α,β-unsaturated/α-hetero) is 1. The van der Waals surface area contributed by atoms with Crippen LogP contribution in [0.1, 0.15) is 29.4 Å². The molecule has 2 heterocycles. The molecule has 4 rings (SSSR count). The van der Waals surface area contributed by atoms with Gasteiger partial charge in [-0.05, 0) is 94.0 Å². The van der Waals surface area contributed by atoms with Gasteiger partial charge >= 0.3 is 0 Å². The number of hydrogen-bond donors (Lipinski definition) is 1. The number of carbonyl (C=O) groups is 1. The fourth-order valence-corrected chi connectivity index (χ4v) is 4.15. The average Bonchev–Trinajstić information content (AvgIpc) is 2.79. The van der Waals surface area contributed by atoms with Crippen molar-refractivity contribution in [1.82, 2.24) is 9.88 Å². The summed E-state index contributed by atoms with van der Waals surface area (Å²) in [5.74, 6) is -0.477. The largest absolute Gasteiger partial charge is 0.353 e. The van der Waals surface area contributed by atoms with Crippen molar-refractivity contribution in [2.24, 2.45) is 0 Å². The molecule has 34 heavy (non-hydrogen) atoms. The maximum absolute atomic E-state index is 14.0. The van der Waals surface area contributed by atoms with Gasteiger partial charge in [0.05, 0.1) is 23.0 Å². The summed E-state index contributed by atoms with van der Waals surface area (Å²) in [4.78, 5) is 22.4. The van der Waals surface area contributed by atoms with Gasteiger partial charge in [-0.15, -0.1) is 0 Å². The molecule has 0 unspecified atom stereocenters. The van der Waals surface area contributed by atoms with E-state index in [1.807, 2.05) is 30.3 Å². The highest BCUT2D eigenvalue weighted by Crippen LogP contribution is 2.32. The fraction of sp³-hybridized carbons (Fsp3) is 0.222. The molecule has 0 aliphatic rings. The van der Waals surface area contributed by atoms with Crippen molar-refractivity contribution in [3.63, 3.8) is 0 Å². The van der Waals surface area contributed by atoms with Crippen LogP contribution in [0.25, 0.3) is 22.0 Å². The zero-order valence-electron chi connectivity index (χ0n) is 19.5. The molecule has 0 saturated heterocycles. The van der Waals surface area contributed by atoms with Crippen LogP contribution < -0.4 is 10.3 Å². The molecule has 0 radical (unpaired) electrons. The van der Waals surface area contributed by atoms with Gasteiger partial charge in [-0.1, -0.05) is 11.6 Å². The molecule has 4 aromatic rings. The van der Waals surface area contributed by atoms with E-state index in [4.69, 9.17) is 11.6 Å². The zero-order chi connectivity index (χ0) is 24.2. The monoisotopic (exact) mass is 477 g/mol. The summed E-state index contributed by atoms with van der Waals surface area (Å²) >= 11 is 6.07. The first-order chi connectivity index (χ1) is 16.3. The van der Waals surface area contributed by atoms with E-state index < -0.39 is 5.82 Å². The number of nitrogens with zero attached hydrogens (tertiary/aromatic N) is 2. The van der Waals surface area contributed by atoms with Gasteiger partial charge in [-0.25, -0.2) is 9.37 Å². The Morgan fingerprint density at radius 3 is 2.62 bits per heavy atom. The Kier molecular flexibility index (Phi) is 7.20. The molecule has 0 spiro atoms. The molecular weight excluding hydrogens is 451 g/mol. The summed E-state index contributed by atoms with van der Waals surface area (Å²) in [6.45, 7) is 2.54. The third-order valence-electron chi connectivity index (χ3n) is 5.64. The van der Waals surface area contributed by atoms with Crippen molar-refractivity contribution >= 4 is 39.7 Å². The Hall–Kier alpha value is -3.35. The van der Waals surface area contributed by atoms with Gasteiger partial charge in [0, 0.05) is 16.8 Å². The summed E-state index contributed by atoms with van der Waals surface area (Å²) in [7, 11) is 4.12. The van der Waals surface area contributed by atoms with E-state index in [0.29, 0.717) is 21.8 Å². The number of aromatic nitrogens is 2. The molecule has 174 valence electrons. The second-order valence-corrected chi connectivity index (χ2v) is 9.06. The lowest BCUT2D eigenvalue weighted by atomic mass is 10.00. The SMILES string of the molecule is CC(=O)c1c[nH+]c2ccc(-c3cc(F)cc(Cl)c3)cc2c1Nc1ccc(CCCN(C)C)nc1. The number of halogens is 2. The van der Waals surface area contributed by atoms with Crippen LogP contribution in [-0.2, 0) is 6.42 Å². The summed E-state index contributed by atoms with van der Waals surface area (Å²) in [6, 6.07) is 14.1. The number of aryl methyl sites for hydroxylation is 1. The number of benzene rings is 2. The molecule has 0 amide bonds. The number of anilines is 2. The van der Waals surface area contributed by atoms with Crippen LogP contribution in [0.4, 0.5) is 15.8 Å². The van der Waals surface area contributed by atoms with E-state index in [-0.39, 0.29) is 5.78 Å². The van der Waals surface area contributed by atoms with Gasteiger partial charge in [-0.2, -0.15) is 0 Å². The Balaban J connectivity index is 1.71. The highest BCUT2D eigenvalue weighted by Gasteiger charge is 2.18. The highest BCUT2D eigenvalue weighted by molar-refractivity contribution is 6.30. The minimum Gasteiger partial charge on any atom is -0.353 e. The molecule has 0 fully saturated rings. The first-order valence-electron chi connectivity index (χ1n) is 11.1. The minimum atomic E-state index is -0.401. The van der Waals surface area contributed by atoms with E-state index in [2.05, 4.69) is 34.3 Å². The van der Waals surface area contributed by atoms with Gasteiger partial charge in [0.1, 0.15) is 11.4 Å². The summed E-state index contributed by atoms with van der Waals surface area (Å²) in [5.41, 5.74) is 5.30. The smallest absolute Gasteiger partial charge is 0.212 e. The molecule has 5 nitrogen and oxygen atoms in total. The third kappa shape index (κ3) is 5.58. The van der Waals surface area contributed by atoms with E-state index in [1.54, 1.807) is 18.5 Å². The number of ketones is 1. The molecule has 0 aliphatic carbocycles. The predicted molar refractivity (Wildman–Crippen MR) is 135 cm³/mol. The van der Waals surface area contributed by atoms with E-state index in [0.717, 1.165) is 47.2 Å². The number of fused-ring (bicyclic) bond motifs is 1. The van der Waals surface area contributed by atoms with Crippen molar-refractivity contribution in [2.45, 2.75) is 19.8 Å². The molecule has 2 N–H and O–H groups in total. The van der Waals surface area contributed by atoms with Crippen molar-refractivity contribution in [1.29, 1.82) is 0 Å². The molecular formula is C27H27ClFN4O+. The maximum Gasteiger partial charge on any atom is 0.212 e. The number of pyridine rings is 2. The first-order valence-corrected chi connectivity index (χ1v) is 11.5. The zero-order valence-corrected chi connectivity index (χ0v) is 20.2. The standard InChI is InChI=1S/C27H26ClFN4O/c1-17(34)25-16-31-26-9-6-18(19-11-20(28)14-21(29)12-19)13-24(26)27(25)32-23-8-7-22(30-15-23)5-4-10-33(2)3/h6-9,11-16H,4-5,10H2,1-3H3,(H,31,32)/p+1.